The van der Waals surface area contributed by atoms with Crippen LogP contribution in [0.4, 0.5) is 5.82 Å². The van der Waals surface area contributed by atoms with Crippen LogP contribution in [-0.2, 0) is 4.79 Å². The zero-order chi connectivity index (χ0) is 14.7. The first-order chi connectivity index (χ1) is 9.51. The molecule has 0 aliphatic rings. The molecule has 0 fully saturated rings. The molecule has 0 aliphatic carbocycles. The summed E-state index contributed by atoms with van der Waals surface area (Å²) in [5.74, 6) is 0.415. The summed E-state index contributed by atoms with van der Waals surface area (Å²) in [6.45, 7) is 5.33. The van der Waals surface area contributed by atoms with Crippen LogP contribution in [0.5, 0.6) is 0 Å². The number of rotatable bonds is 3. The molecule has 1 amide bonds. The van der Waals surface area contributed by atoms with Crippen molar-refractivity contribution in [3.8, 4) is 11.1 Å². The molecule has 20 heavy (non-hydrogen) atoms. The van der Waals surface area contributed by atoms with E-state index in [1.165, 1.54) is 6.92 Å². The molecule has 0 atom stereocenters. The van der Waals surface area contributed by atoms with E-state index in [0.29, 0.717) is 11.4 Å². The largest absolute Gasteiger partial charge is 0.311 e. The number of benzene rings is 1. The number of anilines is 1. The molecule has 4 nitrogen and oxygen atoms in total. The topological polar surface area (TPSA) is 59.1 Å². The van der Waals surface area contributed by atoms with Crippen LogP contribution in [0.2, 0.25) is 0 Å². The number of hydrogen-bond donors (Lipinski definition) is 1. The first-order valence-electron chi connectivity index (χ1n) is 6.31. The quantitative estimate of drug-likeness (QED) is 0.870. The smallest absolute Gasteiger partial charge is 0.222 e. The van der Waals surface area contributed by atoms with Crippen LogP contribution in [0.25, 0.3) is 11.1 Å². The minimum atomic E-state index is -0.146. The van der Waals surface area contributed by atoms with Gasteiger partial charge >= 0.3 is 0 Å². The third-order valence-corrected chi connectivity index (χ3v) is 3.08. The van der Waals surface area contributed by atoms with E-state index in [0.717, 1.165) is 28.5 Å². The van der Waals surface area contributed by atoms with Gasteiger partial charge in [0.05, 0.1) is 0 Å². The second-order valence-corrected chi connectivity index (χ2v) is 4.76. The number of amides is 1. The lowest BCUT2D eigenvalue weighted by Crippen LogP contribution is -2.08. The van der Waals surface area contributed by atoms with E-state index in [1.54, 1.807) is 12.3 Å². The van der Waals surface area contributed by atoms with E-state index in [2.05, 4.69) is 10.3 Å². The van der Waals surface area contributed by atoms with Crippen LogP contribution < -0.4 is 5.32 Å². The van der Waals surface area contributed by atoms with E-state index in [-0.39, 0.29) is 5.91 Å². The van der Waals surface area contributed by atoms with Gasteiger partial charge < -0.3 is 5.32 Å². The van der Waals surface area contributed by atoms with Crippen molar-refractivity contribution in [1.82, 2.24) is 4.98 Å². The predicted molar refractivity (Wildman–Crippen MR) is 78.8 cm³/mol. The summed E-state index contributed by atoms with van der Waals surface area (Å²) in [6.07, 6.45) is 2.53. The lowest BCUT2D eigenvalue weighted by Gasteiger charge is -2.10. The van der Waals surface area contributed by atoms with E-state index in [9.17, 15) is 9.59 Å². The molecule has 1 N–H and O–H groups in total. The Bertz CT molecular complexity index is 678. The van der Waals surface area contributed by atoms with Crippen molar-refractivity contribution >= 4 is 18.0 Å². The van der Waals surface area contributed by atoms with Gasteiger partial charge in [0, 0.05) is 24.2 Å². The summed E-state index contributed by atoms with van der Waals surface area (Å²) < 4.78 is 0. The Morgan fingerprint density at radius 2 is 1.95 bits per heavy atom. The number of hydrogen-bond acceptors (Lipinski definition) is 3. The maximum atomic E-state index is 11.1. The zero-order valence-electron chi connectivity index (χ0n) is 11.7. The van der Waals surface area contributed by atoms with Crippen molar-refractivity contribution in [2.45, 2.75) is 20.8 Å². The zero-order valence-corrected chi connectivity index (χ0v) is 11.7. The third-order valence-electron chi connectivity index (χ3n) is 3.08. The average Bonchev–Trinajstić information content (AvgIpc) is 2.41. The van der Waals surface area contributed by atoms with Gasteiger partial charge in [0.2, 0.25) is 5.91 Å². The van der Waals surface area contributed by atoms with Gasteiger partial charge in [-0.25, -0.2) is 4.98 Å². The van der Waals surface area contributed by atoms with Crippen LogP contribution in [0, 0.1) is 13.8 Å². The first-order valence-corrected chi connectivity index (χ1v) is 6.31. The molecule has 2 aromatic rings. The molecule has 0 unspecified atom stereocenters. The second-order valence-electron chi connectivity index (χ2n) is 4.76. The van der Waals surface area contributed by atoms with Crippen molar-refractivity contribution in [3.63, 3.8) is 0 Å². The average molecular weight is 268 g/mol. The standard InChI is InChI=1S/C16H16N2O2/c1-10-4-5-13(9-19)7-15(10)14-6-11(2)16(17-8-14)18-12(3)20/h4-9H,1-3H3,(H,17,18,20). The van der Waals surface area contributed by atoms with Crippen molar-refractivity contribution in [2.75, 3.05) is 5.32 Å². The summed E-state index contributed by atoms with van der Waals surface area (Å²) in [4.78, 5) is 26.2. The van der Waals surface area contributed by atoms with Crippen LogP contribution >= 0.6 is 0 Å². The van der Waals surface area contributed by atoms with Gasteiger partial charge in [0.15, 0.2) is 0 Å². The number of carbonyl (C=O) groups is 2. The number of nitrogens with zero attached hydrogens (tertiary/aromatic N) is 1. The number of aldehydes is 1. The molecule has 1 heterocycles. The van der Waals surface area contributed by atoms with Crippen LogP contribution in [0.15, 0.2) is 30.5 Å². The van der Waals surface area contributed by atoms with E-state index in [1.807, 2.05) is 32.0 Å². The lowest BCUT2D eigenvalue weighted by molar-refractivity contribution is -0.114. The number of aromatic nitrogens is 1. The molecular weight excluding hydrogens is 252 g/mol. The predicted octanol–water partition coefficient (Wildman–Crippen LogP) is 3.14. The van der Waals surface area contributed by atoms with Crippen LogP contribution in [0.3, 0.4) is 0 Å². The number of aryl methyl sites for hydroxylation is 2. The fourth-order valence-electron chi connectivity index (χ4n) is 2.04. The SMILES string of the molecule is CC(=O)Nc1ncc(-c2cc(C=O)ccc2C)cc1C. The van der Waals surface area contributed by atoms with E-state index < -0.39 is 0 Å². The Kier molecular flexibility index (Phi) is 3.94. The fraction of sp³-hybridized carbons (Fsp3) is 0.188. The minimum Gasteiger partial charge on any atom is -0.311 e. The molecule has 0 aliphatic heterocycles. The number of pyridine rings is 1. The molecule has 0 saturated carbocycles. The Balaban J connectivity index is 2.46. The maximum Gasteiger partial charge on any atom is 0.222 e. The van der Waals surface area contributed by atoms with Crippen LogP contribution in [-0.4, -0.2) is 17.2 Å². The highest BCUT2D eigenvalue weighted by atomic mass is 16.1. The Morgan fingerprint density at radius 3 is 2.55 bits per heavy atom. The minimum absolute atomic E-state index is 0.146. The molecule has 1 aromatic carbocycles. The van der Waals surface area contributed by atoms with Crippen molar-refractivity contribution in [2.24, 2.45) is 0 Å². The first kappa shape index (κ1) is 13.9. The van der Waals surface area contributed by atoms with Gasteiger partial charge in [-0.3, -0.25) is 9.59 Å². The van der Waals surface area contributed by atoms with Crippen LogP contribution in [0.1, 0.15) is 28.4 Å². The van der Waals surface area contributed by atoms with Crippen molar-refractivity contribution < 1.29 is 9.59 Å². The van der Waals surface area contributed by atoms with Gasteiger partial charge in [-0.05, 0) is 42.7 Å². The monoisotopic (exact) mass is 268 g/mol. The summed E-state index contributed by atoms with van der Waals surface area (Å²) >= 11 is 0. The highest BCUT2D eigenvalue weighted by Gasteiger charge is 2.07. The molecule has 2 rings (SSSR count). The molecule has 1 aromatic heterocycles. The molecule has 0 spiro atoms. The Morgan fingerprint density at radius 1 is 1.20 bits per heavy atom. The van der Waals surface area contributed by atoms with Gasteiger partial charge in [0.1, 0.15) is 12.1 Å². The highest BCUT2D eigenvalue weighted by Crippen LogP contribution is 2.26. The third kappa shape index (κ3) is 2.91. The normalized spacial score (nSPS) is 10.2. The van der Waals surface area contributed by atoms with Crippen molar-refractivity contribution in [3.05, 3.63) is 47.2 Å². The molecule has 0 bridgehead atoms. The van der Waals surface area contributed by atoms with Crippen molar-refractivity contribution in [1.29, 1.82) is 0 Å². The molecule has 4 heteroatoms. The van der Waals surface area contributed by atoms with Gasteiger partial charge in [-0.1, -0.05) is 12.1 Å². The summed E-state index contributed by atoms with van der Waals surface area (Å²) in [5.41, 5.74) is 4.49. The van der Waals surface area contributed by atoms with Gasteiger partial charge in [0.25, 0.3) is 0 Å². The summed E-state index contributed by atoms with van der Waals surface area (Å²) in [7, 11) is 0. The molecular formula is C16H16N2O2. The van der Waals surface area contributed by atoms with Gasteiger partial charge in [-0.15, -0.1) is 0 Å². The Labute approximate surface area is 117 Å². The Hall–Kier alpha value is -2.49. The van der Waals surface area contributed by atoms with Gasteiger partial charge in [-0.2, -0.15) is 0 Å². The van der Waals surface area contributed by atoms with E-state index >= 15 is 0 Å². The molecule has 0 radical (unpaired) electrons. The molecule has 0 saturated heterocycles. The second kappa shape index (κ2) is 5.65. The number of carbonyl (C=O) groups excluding carboxylic acids is 2. The number of nitrogens with one attached hydrogen (secondary N) is 1. The lowest BCUT2D eigenvalue weighted by atomic mass is 9.99. The molecule has 102 valence electrons. The summed E-state index contributed by atoms with van der Waals surface area (Å²) in [6, 6.07) is 7.50. The van der Waals surface area contributed by atoms with E-state index in [4.69, 9.17) is 0 Å². The maximum absolute atomic E-state index is 11.1. The summed E-state index contributed by atoms with van der Waals surface area (Å²) in [5, 5.41) is 2.68. The highest BCUT2D eigenvalue weighted by molar-refractivity contribution is 5.88. The fourth-order valence-corrected chi connectivity index (χ4v) is 2.04.